The molecule has 3 nitrogen and oxygen atoms in total. The van der Waals surface area contributed by atoms with Crippen molar-refractivity contribution >= 4 is 17.6 Å². The van der Waals surface area contributed by atoms with Crippen molar-refractivity contribution < 1.29 is 14.6 Å². The van der Waals surface area contributed by atoms with Gasteiger partial charge in [0.15, 0.2) is 0 Å². The van der Waals surface area contributed by atoms with E-state index in [0.29, 0.717) is 16.3 Å². The van der Waals surface area contributed by atoms with E-state index < -0.39 is 12.1 Å². The summed E-state index contributed by atoms with van der Waals surface area (Å²) < 4.78 is 5.10. The molecule has 2 rings (SSSR count). The smallest absolute Gasteiger partial charge is 0.314 e. The summed E-state index contributed by atoms with van der Waals surface area (Å²) in [4.78, 5) is 11.7. The van der Waals surface area contributed by atoms with Crippen LogP contribution in [0.2, 0.25) is 5.02 Å². The Balaban J connectivity index is 1.98. The molecule has 0 radical (unpaired) electrons. The third kappa shape index (κ3) is 3.81. The van der Waals surface area contributed by atoms with E-state index in [-0.39, 0.29) is 6.42 Å². The number of halogens is 1. The fourth-order valence-corrected chi connectivity index (χ4v) is 1.94. The van der Waals surface area contributed by atoms with Crippen molar-refractivity contribution in [1.29, 1.82) is 0 Å². The van der Waals surface area contributed by atoms with Gasteiger partial charge in [-0.15, -0.1) is 0 Å². The predicted molar refractivity (Wildman–Crippen MR) is 73.1 cm³/mol. The SMILES string of the molecule is O=C(C[C@@H](O)c1ccccc1Cl)Oc1ccccc1. The molecule has 2 aromatic rings. The first kappa shape index (κ1) is 13.6. The number of para-hydroxylation sites is 1. The van der Waals surface area contributed by atoms with Gasteiger partial charge in [-0.2, -0.15) is 0 Å². The number of carbonyl (C=O) groups is 1. The molecule has 0 bridgehead atoms. The van der Waals surface area contributed by atoms with Crippen molar-refractivity contribution in [2.24, 2.45) is 0 Å². The van der Waals surface area contributed by atoms with Gasteiger partial charge in [-0.05, 0) is 23.8 Å². The molecule has 0 aliphatic heterocycles. The number of aliphatic hydroxyl groups is 1. The minimum absolute atomic E-state index is 0.140. The van der Waals surface area contributed by atoms with E-state index in [1.807, 2.05) is 6.07 Å². The normalized spacial score (nSPS) is 11.9. The lowest BCUT2D eigenvalue weighted by Crippen LogP contribution is -2.13. The first-order valence-corrected chi connectivity index (χ1v) is 6.23. The monoisotopic (exact) mass is 276 g/mol. The van der Waals surface area contributed by atoms with E-state index in [1.54, 1.807) is 48.5 Å². The summed E-state index contributed by atoms with van der Waals surface area (Å²) in [5, 5.41) is 10.4. The van der Waals surface area contributed by atoms with E-state index in [9.17, 15) is 9.90 Å². The number of aliphatic hydroxyl groups excluding tert-OH is 1. The molecule has 0 aliphatic rings. The van der Waals surface area contributed by atoms with Crippen molar-refractivity contribution in [2.75, 3.05) is 0 Å². The number of carbonyl (C=O) groups excluding carboxylic acids is 1. The van der Waals surface area contributed by atoms with Gasteiger partial charge >= 0.3 is 5.97 Å². The van der Waals surface area contributed by atoms with Crippen molar-refractivity contribution in [3.8, 4) is 5.75 Å². The van der Waals surface area contributed by atoms with Crippen LogP contribution in [-0.4, -0.2) is 11.1 Å². The molecule has 0 saturated heterocycles. The Morgan fingerprint density at radius 1 is 1.11 bits per heavy atom. The molecule has 0 amide bonds. The molecule has 0 spiro atoms. The molecule has 0 saturated carbocycles. The third-order valence-electron chi connectivity index (χ3n) is 2.60. The summed E-state index contributed by atoms with van der Waals surface area (Å²) in [6.45, 7) is 0. The highest BCUT2D eigenvalue weighted by Crippen LogP contribution is 2.25. The van der Waals surface area contributed by atoms with E-state index >= 15 is 0 Å². The Hall–Kier alpha value is -1.84. The minimum Gasteiger partial charge on any atom is -0.426 e. The molecule has 0 fully saturated rings. The average Bonchev–Trinajstić information content (AvgIpc) is 2.40. The van der Waals surface area contributed by atoms with Crippen LogP contribution < -0.4 is 4.74 Å². The Morgan fingerprint density at radius 2 is 1.74 bits per heavy atom. The number of hydrogen-bond donors (Lipinski definition) is 1. The van der Waals surface area contributed by atoms with Crippen LogP contribution in [0.15, 0.2) is 54.6 Å². The summed E-state index contributed by atoms with van der Waals surface area (Å²) in [5.41, 5.74) is 0.522. The zero-order chi connectivity index (χ0) is 13.7. The van der Waals surface area contributed by atoms with E-state index in [1.165, 1.54) is 0 Å². The van der Waals surface area contributed by atoms with Gasteiger partial charge in [0.25, 0.3) is 0 Å². The fraction of sp³-hybridized carbons (Fsp3) is 0.133. The second-order valence-electron chi connectivity index (χ2n) is 4.03. The van der Waals surface area contributed by atoms with Crippen LogP contribution in [-0.2, 0) is 4.79 Å². The highest BCUT2D eigenvalue weighted by Gasteiger charge is 2.16. The first-order chi connectivity index (χ1) is 9.16. The fourth-order valence-electron chi connectivity index (χ4n) is 1.67. The van der Waals surface area contributed by atoms with Gasteiger partial charge in [-0.25, -0.2) is 0 Å². The molecule has 98 valence electrons. The quantitative estimate of drug-likeness (QED) is 0.688. The van der Waals surface area contributed by atoms with Gasteiger partial charge in [0.2, 0.25) is 0 Å². The highest BCUT2D eigenvalue weighted by molar-refractivity contribution is 6.31. The lowest BCUT2D eigenvalue weighted by atomic mass is 10.1. The van der Waals surface area contributed by atoms with Gasteiger partial charge in [0.05, 0.1) is 12.5 Å². The number of rotatable bonds is 4. The Bertz CT molecular complexity index is 554. The van der Waals surface area contributed by atoms with E-state index in [4.69, 9.17) is 16.3 Å². The minimum atomic E-state index is -0.968. The van der Waals surface area contributed by atoms with Gasteiger partial charge in [-0.1, -0.05) is 48.0 Å². The van der Waals surface area contributed by atoms with Crippen molar-refractivity contribution in [3.63, 3.8) is 0 Å². The number of esters is 1. The zero-order valence-corrected chi connectivity index (χ0v) is 10.9. The summed E-state index contributed by atoms with van der Waals surface area (Å²) >= 11 is 5.95. The number of benzene rings is 2. The Kier molecular flexibility index (Phi) is 4.55. The summed E-state index contributed by atoms with van der Waals surface area (Å²) in [5.74, 6) is -0.0440. The molecule has 0 heterocycles. The predicted octanol–water partition coefficient (Wildman–Crippen LogP) is 3.37. The van der Waals surface area contributed by atoms with Crippen LogP contribution in [0.25, 0.3) is 0 Å². The maximum absolute atomic E-state index is 11.7. The van der Waals surface area contributed by atoms with Crippen molar-refractivity contribution in [1.82, 2.24) is 0 Å². The van der Waals surface area contributed by atoms with Crippen LogP contribution in [0.1, 0.15) is 18.1 Å². The second kappa shape index (κ2) is 6.36. The lowest BCUT2D eigenvalue weighted by Gasteiger charge is -2.12. The molecular weight excluding hydrogens is 264 g/mol. The van der Waals surface area contributed by atoms with Crippen LogP contribution in [0, 0.1) is 0 Å². The molecule has 0 aromatic heterocycles. The molecule has 0 aliphatic carbocycles. The van der Waals surface area contributed by atoms with Crippen molar-refractivity contribution in [3.05, 3.63) is 65.2 Å². The van der Waals surface area contributed by atoms with Crippen LogP contribution in [0.4, 0.5) is 0 Å². The van der Waals surface area contributed by atoms with Crippen LogP contribution in [0.3, 0.4) is 0 Å². The van der Waals surface area contributed by atoms with Crippen molar-refractivity contribution in [2.45, 2.75) is 12.5 Å². The summed E-state index contributed by atoms with van der Waals surface area (Å²) in [6, 6.07) is 15.6. The highest BCUT2D eigenvalue weighted by atomic mass is 35.5. The molecule has 0 unspecified atom stereocenters. The standard InChI is InChI=1S/C15H13ClO3/c16-13-9-5-4-8-12(13)14(17)10-15(18)19-11-6-2-1-3-7-11/h1-9,14,17H,10H2/t14-/m1/s1. The Morgan fingerprint density at radius 3 is 2.42 bits per heavy atom. The largest absolute Gasteiger partial charge is 0.426 e. The maximum atomic E-state index is 11.7. The zero-order valence-electron chi connectivity index (χ0n) is 10.1. The average molecular weight is 277 g/mol. The van der Waals surface area contributed by atoms with Crippen LogP contribution in [0.5, 0.6) is 5.75 Å². The third-order valence-corrected chi connectivity index (χ3v) is 2.94. The molecule has 19 heavy (non-hydrogen) atoms. The number of ether oxygens (including phenoxy) is 1. The number of hydrogen-bond acceptors (Lipinski definition) is 3. The summed E-state index contributed by atoms with van der Waals surface area (Å²) in [7, 11) is 0. The topological polar surface area (TPSA) is 46.5 Å². The Labute approximate surface area is 116 Å². The first-order valence-electron chi connectivity index (χ1n) is 5.85. The van der Waals surface area contributed by atoms with E-state index in [0.717, 1.165) is 0 Å². The maximum Gasteiger partial charge on any atom is 0.314 e. The second-order valence-corrected chi connectivity index (χ2v) is 4.44. The van der Waals surface area contributed by atoms with Gasteiger partial charge in [0.1, 0.15) is 5.75 Å². The molecule has 2 aromatic carbocycles. The molecule has 1 N–H and O–H groups in total. The summed E-state index contributed by atoms with van der Waals surface area (Å²) in [6.07, 6.45) is -1.11. The lowest BCUT2D eigenvalue weighted by molar-refractivity contribution is -0.136. The van der Waals surface area contributed by atoms with Gasteiger partial charge in [0, 0.05) is 5.02 Å². The van der Waals surface area contributed by atoms with E-state index in [2.05, 4.69) is 0 Å². The van der Waals surface area contributed by atoms with Crippen LogP contribution >= 0.6 is 11.6 Å². The molecule has 1 atom stereocenters. The molecule has 4 heteroatoms. The van der Waals surface area contributed by atoms with Gasteiger partial charge in [-0.3, -0.25) is 4.79 Å². The molecular formula is C15H13ClO3. The van der Waals surface area contributed by atoms with Gasteiger partial charge < -0.3 is 9.84 Å².